The Bertz CT molecular complexity index is 893. The highest BCUT2D eigenvalue weighted by Gasteiger charge is 2.22. The molecule has 1 heterocycles. The van der Waals surface area contributed by atoms with Gasteiger partial charge in [0.25, 0.3) is 5.91 Å². The van der Waals surface area contributed by atoms with Crippen LogP contribution in [0.15, 0.2) is 54.6 Å². The summed E-state index contributed by atoms with van der Waals surface area (Å²) in [6.45, 7) is 2.79. The highest BCUT2D eigenvalue weighted by molar-refractivity contribution is 9.08. The summed E-state index contributed by atoms with van der Waals surface area (Å²) in [5.41, 5.74) is 4.50. The zero-order chi connectivity index (χ0) is 17.8. The Morgan fingerprint density at radius 3 is 2.44 bits per heavy atom. The molecule has 0 saturated carbocycles. The van der Waals surface area contributed by atoms with Gasteiger partial charge in [0.1, 0.15) is 5.69 Å². The second-order valence-electron chi connectivity index (χ2n) is 6.06. The average Bonchev–Trinajstić information content (AvgIpc) is 2.66. The fourth-order valence-corrected chi connectivity index (χ4v) is 3.66. The van der Waals surface area contributed by atoms with Gasteiger partial charge in [-0.1, -0.05) is 71.4 Å². The maximum atomic E-state index is 13.0. The molecule has 0 atom stereocenters. The molecule has 0 radical (unpaired) electrons. The highest BCUT2D eigenvalue weighted by atomic mass is 79.9. The molecule has 0 unspecified atom stereocenters. The van der Waals surface area contributed by atoms with Crippen molar-refractivity contribution in [3.8, 4) is 11.1 Å². The molecule has 0 fully saturated rings. The van der Waals surface area contributed by atoms with Crippen molar-refractivity contribution in [2.45, 2.75) is 18.7 Å². The minimum absolute atomic E-state index is 0.0285. The molecule has 0 aliphatic carbocycles. The van der Waals surface area contributed by atoms with Gasteiger partial charge in [0.2, 0.25) is 0 Å². The number of rotatable bonds is 5. The molecule has 0 saturated heterocycles. The summed E-state index contributed by atoms with van der Waals surface area (Å²) in [5, 5.41) is 1.65. The third-order valence-electron chi connectivity index (χ3n) is 4.30. The van der Waals surface area contributed by atoms with Crippen LogP contribution < -0.4 is 0 Å². The number of alkyl halides is 1. The van der Waals surface area contributed by atoms with Crippen molar-refractivity contribution < 1.29 is 4.79 Å². The molecule has 0 aliphatic heterocycles. The van der Waals surface area contributed by atoms with Gasteiger partial charge < -0.3 is 4.90 Å². The van der Waals surface area contributed by atoms with Gasteiger partial charge in [-0.2, -0.15) is 0 Å². The van der Waals surface area contributed by atoms with Crippen molar-refractivity contribution in [3.05, 3.63) is 65.9 Å². The van der Waals surface area contributed by atoms with Crippen LogP contribution >= 0.6 is 15.9 Å². The van der Waals surface area contributed by atoms with Crippen LogP contribution in [-0.4, -0.2) is 29.4 Å². The largest absolute Gasteiger partial charge is 0.340 e. The number of benzene rings is 2. The van der Waals surface area contributed by atoms with E-state index in [2.05, 4.69) is 41.1 Å². The first-order valence-corrected chi connectivity index (χ1v) is 9.58. The van der Waals surface area contributed by atoms with Gasteiger partial charge in [-0.3, -0.25) is 4.79 Å². The maximum Gasteiger partial charge on any atom is 0.272 e. The van der Waals surface area contributed by atoms with E-state index in [1.165, 1.54) is 0 Å². The summed E-state index contributed by atoms with van der Waals surface area (Å²) < 4.78 is 0. The molecule has 0 spiro atoms. The van der Waals surface area contributed by atoms with Crippen LogP contribution in [0.5, 0.6) is 0 Å². The quantitative estimate of drug-likeness (QED) is 0.549. The molecule has 1 amide bonds. The molecule has 3 nitrogen and oxygen atoms in total. The highest BCUT2D eigenvalue weighted by Crippen LogP contribution is 2.34. The van der Waals surface area contributed by atoms with Gasteiger partial charge in [0.15, 0.2) is 0 Å². The predicted molar refractivity (Wildman–Crippen MR) is 107 cm³/mol. The second kappa shape index (κ2) is 7.79. The number of fused-ring (bicyclic) bond motifs is 1. The first-order chi connectivity index (χ1) is 12.2. The second-order valence-corrected chi connectivity index (χ2v) is 6.62. The number of hydrogen-bond donors (Lipinski definition) is 0. The van der Waals surface area contributed by atoms with E-state index in [4.69, 9.17) is 4.98 Å². The number of amides is 1. The number of halogens is 1. The smallest absolute Gasteiger partial charge is 0.272 e. The lowest BCUT2D eigenvalue weighted by molar-refractivity contribution is 0.0789. The Balaban J connectivity index is 2.30. The molecule has 0 N–H and O–H groups in total. The molecule has 1 aromatic heterocycles. The Hall–Kier alpha value is -2.20. The van der Waals surface area contributed by atoms with Gasteiger partial charge >= 0.3 is 0 Å². The maximum absolute atomic E-state index is 13.0. The number of nitrogens with zero attached hydrogens (tertiary/aromatic N) is 2. The van der Waals surface area contributed by atoms with Crippen molar-refractivity contribution in [1.29, 1.82) is 0 Å². The molecule has 3 aromatic rings. The molecule has 2 aromatic carbocycles. The van der Waals surface area contributed by atoms with E-state index >= 15 is 0 Å². The minimum atomic E-state index is -0.0285. The summed E-state index contributed by atoms with van der Waals surface area (Å²) in [6.07, 6.45) is 0.922. The molecule has 128 valence electrons. The molecule has 25 heavy (non-hydrogen) atoms. The van der Waals surface area contributed by atoms with E-state index in [9.17, 15) is 4.79 Å². The number of pyridine rings is 1. The van der Waals surface area contributed by atoms with Crippen molar-refractivity contribution in [2.24, 2.45) is 0 Å². The van der Waals surface area contributed by atoms with Crippen molar-refractivity contribution in [1.82, 2.24) is 9.88 Å². The third kappa shape index (κ3) is 3.45. The topological polar surface area (TPSA) is 33.2 Å². The first-order valence-electron chi connectivity index (χ1n) is 8.45. The number of carbonyl (C=O) groups is 1. The molecular weight excluding hydrogens is 376 g/mol. The van der Waals surface area contributed by atoms with Crippen molar-refractivity contribution in [3.63, 3.8) is 0 Å². The molecule has 3 rings (SSSR count). The van der Waals surface area contributed by atoms with Crippen LogP contribution in [0.4, 0.5) is 0 Å². The SMILES string of the molecule is CCCN(C)C(=O)c1nc2ccccc2c(-c2ccccc2)c1CBr. The molecular formula is C21H21BrN2O. The van der Waals surface area contributed by atoms with Crippen LogP contribution in [0.25, 0.3) is 22.0 Å². The van der Waals surface area contributed by atoms with Crippen LogP contribution in [0.1, 0.15) is 29.4 Å². The first kappa shape index (κ1) is 17.6. The van der Waals surface area contributed by atoms with Gasteiger partial charge in [0.05, 0.1) is 5.52 Å². The van der Waals surface area contributed by atoms with Crippen molar-refractivity contribution >= 4 is 32.7 Å². The number of para-hydroxylation sites is 1. The van der Waals surface area contributed by atoms with E-state index in [-0.39, 0.29) is 5.91 Å². The summed E-state index contributed by atoms with van der Waals surface area (Å²) in [6, 6.07) is 18.2. The number of carbonyl (C=O) groups excluding carboxylic acids is 1. The molecule has 0 aliphatic rings. The zero-order valence-electron chi connectivity index (χ0n) is 14.5. The van der Waals surface area contributed by atoms with Crippen LogP contribution in [0.2, 0.25) is 0 Å². The lowest BCUT2D eigenvalue weighted by atomic mass is 9.94. The van der Waals surface area contributed by atoms with Gasteiger partial charge in [-0.05, 0) is 23.6 Å². The lowest BCUT2D eigenvalue weighted by Gasteiger charge is -2.20. The van der Waals surface area contributed by atoms with E-state index < -0.39 is 0 Å². The zero-order valence-corrected chi connectivity index (χ0v) is 16.1. The van der Waals surface area contributed by atoms with Gasteiger partial charge in [-0.25, -0.2) is 4.98 Å². The van der Waals surface area contributed by atoms with Crippen LogP contribution in [0, 0.1) is 0 Å². The fourth-order valence-electron chi connectivity index (χ4n) is 3.11. The van der Waals surface area contributed by atoms with E-state index in [0.717, 1.165) is 40.6 Å². The normalized spacial score (nSPS) is 10.8. The molecule has 0 bridgehead atoms. The Kier molecular flexibility index (Phi) is 5.49. The minimum Gasteiger partial charge on any atom is -0.340 e. The summed E-state index contributed by atoms with van der Waals surface area (Å²) in [4.78, 5) is 19.4. The number of hydrogen-bond acceptors (Lipinski definition) is 2. The Morgan fingerprint density at radius 2 is 1.76 bits per heavy atom. The molecule has 4 heteroatoms. The standard InChI is InChI=1S/C21H21BrN2O/c1-3-13-24(2)21(25)20-17(14-22)19(15-9-5-4-6-10-15)16-11-7-8-12-18(16)23-20/h4-12H,3,13-14H2,1-2H3. The van der Waals surface area contributed by atoms with Gasteiger partial charge in [0, 0.05) is 29.9 Å². The number of aromatic nitrogens is 1. The summed E-state index contributed by atoms with van der Waals surface area (Å²) in [5.74, 6) is -0.0285. The van der Waals surface area contributed by atoms with E-state index in [1.54, 1.807) is 4.90 Å². The van der Waals surface area contributed by atoms with Gasteiger partial charge in [-0.15, -0.1) is 0 Å². The van der Waals surface area contributed by atoms with E-state index in [1.807, 2.05) is 43.4 Å². The van der Waals surface area contributed by atoms with Crippen LogP contribution in [0.3, 0.4) is 0 Å². The van der Waals surface area contributed by atoms with Crippen molar-refractivity contribution in [2.75, 3.05) is 13.6 Å². The summed E-state index contributed by atoms with van der Waals surface area (Å²) in [7, 11) is 1.84. The fraction of sp³-hybridized carbons (Fsp3) is 0.238. The van der Waals surface area contributed by atoms with Crippen LogP contribution in [-0.2, 0) is 5.33 Å². The Morgan fingerprint density at radius 1 is 1.08 bits per heavy atom. The predicted octanol–water partition coefficient (Wildman–Crippen LogP) is 5.28. The monoisotopic (exact) mass is 396 g/mol. The third-order valence-corrected chi connectivity index (χ3v) is 4.86. The summed E-state index contributed by atoms with van der Waals surface area (Å²) >= 11 is 3.59. The van der Waals surface area contributed by atoms with E-state index in [0.29, 0.717) is 11.0 Å². The average molecular weight is 397 g/mol. The Labute approximate surface area is 156 Å². The lowest BCUT2D eigenvalue weighted by Crippen LogP contribution is -2.29.